The first-order chi connectivity index (χ1) is 10.1. The molecule has 3 rings (SSSR count). The van der Waals surface area contributed by atoms with Crippen molar-refractivity contribution in [2.24, 2.45) is 0 Å². The fraction of sp³-hybridized carbons (Fsp3) is 0.250. The lowest BCUT2D eigenvalue weighted by Gasteiger charge is -2.25. The molecule has 0 spiro atoms. The minimum Gasteiger partial charge on any atom is -0.332 e. The second kappa shape index (κ2) is 5.85. The first-order valence-corrected chi connectivity index (χ1v) is 7.69. The molecule has 0 radical (unpaired) electrons. The topological polar surface area (TPSA) is 53.2 Å². The molecule has 1 aromatic carbocycles. The van der Waals surface area contributed by atoms with Gasteiger partial charge in [0.1, 0.15) is 0 Å². The maximum Gasteiger partial charge on any atom is 0.254 e. The first-order valence-electron chi connectivity index (χ1n) is 6.90. The van der Waals surface area contributed by atoms with E-state index in [2.05, 4.69) is 20.9 Å². The number of rotatable bonds is 2. The van der Waals surface area contributed by atoms with Crippen LogP contribution in [-0.2, 0) is 0 Å². The summed E-state index contributed by atoms with van der Waals surface area (Å²) in [6.45, 7) is 0.725. The Morgan fingerprint density at radius 3 is 2.90 bits per heavy atom. The van der Waals surface area contributed by atoms with Crippen LogP contribution in [0.5, 0.6) is 0 Å². The maximum absolute atomic E-state index is 12.6. The number of amides is 1. The van der Waals surface area contributed by atoms with Gasteiger partial charge in [-0.15, -0.1) is 0 Å². The van der Waals surface area contributed by atoms with Crippen LogP contribution in [0.25, 0.3) is 0 Å². The second-order valence-electron chi connectivity index (χ2n) is 5.15. The molecule has 1 saturated heterocycles. The number of likely N-dealkylation sites (tertiary alicyclic amines) is 1. The number of hydrogen-bond acceptors (Lipinski definition) is 2. The van der Waals surface area contributed by atoms with Crippen LogP contribution in [0.15, 0.2) is 51.9 Å². The molecule has 1 aliphatic heterocycles. The highest BCUT2D eigenvalue weighted by atomic mass is 79.9. The van der Waals surface area contributed by atoms with E-state index in [0.717, 1.165) is 29.4 Å². The van der Waals surface area contributed by atoms with E-state index >= 15 is 0 Å². The summed E-state index contributed by atoms with van der Waals surface area (Å²) in [5.74, 6) is -0.0800. The molecule has 0 saturated carbocycles. The van der Waals surface area contributed by atoms with Gasteiger partial charge in [0.15, 0.2) is 0 Å². The summed E-state index contributed by atoms with van der Waals surface area (Å²) >= 11 is 3.47. The Balaban J connectivity index is 1.90. The number of pyridine rings is 1. The molecule has 2 heterocycles. The number of aromatic amines is 1. The van der Waals surface area contributed by atoms with Gasteiger partial charge >= 0.3 is 0 Å². The Bertz CT molecular complexity index is 726. The third-order valence-electron chi connectivity index (χ3n) is 3.77. The molecule has 1 atom stereocenters. The summed E-state index contributed by atoms with van der Waals surface area (Å²) < 4.78 is 1.01. The fourth-order valence-corrected chi connectivity index (χ4v) is 3.23. The monoisotopic (exact) mass is 346 g/mol. The van der Waals surface area contributed by atoms with Crippen LogP contribution in [-0.4, -0.2) is 22.3 Å². The fourth-order valence-electron chi connectivity index (χ4n) is 2.81. The number of H-pyrrole nitrogens is 1. The zero-order chi connectivity index (χ0) is 14.8. The number of nitrogens with one attached hydrogen (secondary N) is 1. The molecule has 1 amide bonds. The first kappa shape index (κ1) is 14.1. The third kappa shape index (κ3) is 2.93. The zero-order valence-electron chi connectivity index (χ0n) is 11.4. The molecule has 108 valence electrons. The van der Waals surface area contributed by atoms with Crippen molar-refractivity contribution in [3.63, 3.8) is 0 Å². The van der Waals surface area contributed by atoms with E-state index in [9.17, 15) is 9.59 Å². The lowest BCUT2D eigenvalue weighted by atomic mass is 10.0. The highest BCUT2D eigenvalue weighted by Gasteiger charge is 2.30. The molecule has 1 aliphatic rings. The van der Waals surface area contributed by atoms with Gasteiger partial charge in [-0.3, -0.25) is 9.59 Å². The molecule has 5 heteroatoms. The normalized spacial score (nSPS) is 18.0. The summed E-state index contributed by atoms with van der Waals surface area (Å²) in [5.41, 5.74) is 1.32. The molecule has 2 aromatic rings. The van der Waals surface area contributed by atoms with E-state index in [0.29, 0.717) is 5.56 Å². The van der Waals surface area contributed by atoms with Gasteiger partial charge in [0, 0.05) is 28.8 Å². The minimum absolute atomic E-state index is 0.0780. The third-order valence-corrected chi connectivity index (χ3v) is 4.26. The lowest BCUT2D eigenvalue weighted by Crippen LogP contribution is -2.31. The molecule has 1 aromatic heterocycles. The van der Waals surface area contributed by atoms with Gasteiger partial charge in [0.2, 0.25) is 5.56 Å². The summed E-state index contributed by atoms with van der Waals surface area (Å²) in [4.78, 5) is 28.4. The molecular formula is C16H15BrN2O2. The Hall–Kier alpha value is -1.88. The van der Waals surface area contributed by atoms with Crippen LogP contribution in [0.1, 0.15) is 34.8 Å². The highest BCUT2D eigenvalue weighted by Crippen LogP contribution is 2.33. The Morgan fingerprint density at radius 1 is 1.29 bits per heavy atom. The Morgan fingerprint density at radius 2 is 2.14 bits per heavy atom. The average molecular weight is 347 g/mol. The van der Waals surface area contributed by atoms with Crippen molar-refractivity contribution < 1.29 is 4.79 Å². The summed E-state index contributed by atoms with van der Waals surface area (Å²) in [5, 5.41) is 0. The quantitative estimate of drug-likeness (QED) is 0.908. The number of halogens is 1. The van der Waals surface area contributed by atoms with E-state index in [1.54, 1.807) is 6.07 Å². The van der Waals surface area contributed by atoms with Gasteiger partial charge in [-0.05, 0) is 36.6 Å². The standard InChI is InChI=1S/C16H15BrN2O2/c17-13-4-1-3-11(9-13)14-5-2-8-19(14)16(21)12-6-7-18-15(20)10-12/h1,3-4,6-7,9-10,14H,2,5,8H2,(H,18,20). The van der Waals surface area contributed by atoms with Crippen LogP contribution in [0.2, 0.25) is 0 Å². The van der Waals surface area contributed by atoms with E-state index in [-0.39, 0.29) is 17.5 Å². The molecule has 21 heavy (non-hydrogen) atoms. The van der Waals surface area contributed by atoms with Crippen molar-refractivity contribution >= 4 is 21.8 Å². The zero-order valence-corrected chi connectivity index (χ0v) is 13.0. The van der Waals surface area contributed by atoms with Gasteiger partial charge in [-0.2, -0.15) is 0 Å². The largest absolute Gasteiger partial charge is 0.332 e. The number of carbonyl (C=O) groups is 1. The molecule has 4 nitrogen and oxygen atoms in total. The molecule has 1 N–H and O–H groups in total. The van der Waals surface area contributed by atoms with Crippen LogP contribution in [0, 0.1) is 0 Å². The molecule has 1 fully saturated rings. The molecule has 1 unspecified atom stereocenters. The minimum atomic E-state index is -0.251. The van der Waals surface area contributed by atoms with Crippen molar-refractivity contribution in [3.8, 4) is 0 Å². The van der Waals surface area contributed by atoms with Gasteiger partial charge < -0.3 is 9.88 Å². The van der Waals surface area contributed by atoms with Gasteiger partial charge in [-0.25, -0.2) is 0 Å². The summed E-state index contributed by atoms with van der Waals surface area (Å²) in [6.07, 6.45) is 3.44. The maximum atomic E-state index is 12.6. The van der Waals surface area contributed by atoms with E-state index < -0.39 is 0 Å². The number of aromatic nitrogens is 1. The molecule has 0 bridgehead atoms. The van der Waals surface area contributed by atoms with Crippen molar-refractivity contribution in [3.05, 3.63) is 68.5 Å². The highest BCUT2D eigenvalue weighted by molar-refractivity contribution is 9.10. The molecular weight excluding hydrogens is 332 g/mol. The van der Waals surface area contributed by atoms with Crippen molar-refractivity contribution in [1.29, 1.82) is 0 Å². The molecule has 0 aliphatic carbocycles. The predicted molar refractivity (Wildman–Crippen MR) is 84.2 cm³/mol. The van der Waals surface area contributed by atoms with Crippen molar-refractivity contribution in [2.75, 3.05) is 6.54 Å². The SMILES string of the molecule is O=C(c1cc[nH]c(=O)c1)N1CCCC1c1cccc(Br)c1. The second-order valence-corrected chi connectivity index (χ2v) is 6.07. The lowest BCUT2D eigenvalue weighted by molar-refractivity contribution is 0.0735. The number of hydrogen-bond donors (Lipinski definition) is 1. The average Bonchev–Trinajstić information content (AvgIpc) is 2.96. The van der Waals surface area contributed by atoms with Gasteiger partial charge in [-0.1, -0.05) is 28.1 Å². The predicted octanol–water partition coefficient (Wildman–Crippen LogP) is 3.11. The summed E-state index contributed by atoms with van der Waals surface area (Å²) in [6, 6.07) is 11.1. The number of nitrogens with zero attached hydrogens (tertiary/aromatic N) is 1. The summed E-state index contributed by atoms with van der Waals surface area (Å²) in [7, 11) is 0. The van der Waals surface area contributed by atoms with E-state index in [4.69, 9.17) is 0 Å². The van der Waals surface area contributed by atoms with Gasteiger partial charge in [0.05, 0.1) is 6.04 Å². The van der Waals surface area contributed by atoms with Crippen molar-refractivity contribution in [2.45, 2.75) is 18.9 Å². The Kier molecular flexibility index (Phi) is 3.92. The van der Waals surface area contributed by atoms with Crippen molar-refractivity contribution in [1.82, 2.24) is 9.88 Å². The van der Waals surface area contributed by atoms with E-state index in [1.807, 2.05) is 29.2 Å². The number of benzene rings is 1. The van der Waals surface area contributed by atoms with Crippen LogP contribution < -0.4 is 5.56 Å². The van der Waals surface area contributed by atoms with E-state index in [1.165, 1.54) is 12.3 Å². The van der Waals surface area contributed by atoms with Crippen LogP contribution in [0.4, 0.5) is 0 Å². The smallest absolute Gasteiger partial charge is 0.254 e. The van der Waals surface area contributed by atoms with Gasteiger partial charge in [0.25, 0.3) is 5.91 Å². The van der Waals surface area contributed by atoms with Crippen LogP contribution >= 0.6 is 15.9 Å². The number of carbonyl (C=O) groups excluding carboxylic acids is 1. The Labute approximate surface area is 130 Å². The van der Waals surface area contributed by atoms with Crippen LogP contribution in [0.3, 0.4) is 0 Å².